The van der Waals surface area contributed by atoms with E-state index in [0.29, 0.717) is 5.56 Å². The van der Waals surface area contributed by atoms with Crippen LogP contribution in [0.2, 0.25) is 0 Å². The molecule has 0 atom stereocenters. The van der Waals surface area contributed by atoms with Gasteiger partial charge in [0.05, 0.1) is 6.61 Å². The van der Waals surface area contributed by atoms with E-state index in [0.717, 1.165) is 36.3 Å². The number of nitrogens with one attached hydrogen (secondary N) is 1. The second kappa shape index (κ2) is 3.90. The van der Waals surface area contributed by atoms with E-state index in [1.165, 1.54) is 0 Å². The van der Waals surface area contributed by atoms with E-state index >= 15 is 0 Å². The minimum absolute atomic E-state index is 0.249. The van der Waals surface area contributed by atoms with Crippen LogP contribution >= 0.6 is 0 Å². The number of benzene rings is 1. The van der Waals surface area contributed by atoms with Gasteiger partial charge in [-0.2, -0.15) is 0 Å². The van der Waals surface area contributed by atoms with Crippen LogP contribution in [0, 0.1) is 6.92 Å². The molecule has 0 aromatic heterocycles. The highest BCUT2D eigenvalue weighted by atomic mass is 16.5. The summed E-state index contributed by atoms with van der Waals surface area (Å²) in [6.07, 6.45) is 1.97. The van der Waals surface area contributed by atoms with E-state index in [9.17, 15) is 4.79 Å². The van der Waals surface area contributed by atoms with Gasteiger partial charge in [0.15, 0.2) is 0 Å². The summed E-state index contributed by atoms with van der Waals surface area (Å²) in [7, 11) is 0. The van der Waals surface area contributed by atoms with Crippen LogP contribution < -0.4 is 16.0 Å². The molecule has 1 amide bonds. The average Bonchev–Trinajstić information content (AvgIpc) is 2.29. The molecule has 80 valence electrons. The molecular formula is C11H14N2O2. The number of fused-ring (bicyclic) bond motifs is 1. The molecule has 0 unspecified atom stereocenters. The third-order valence-electron chi connectivity index (χ3n) is 2.76. The van der Waals surface area contributed by atoms with Crippen LogP contribution in [0.25, 0.3) is 0 Å². The van der Waals surface area contributed by atoms with Gasteiger partial charge in [-0.05, 0) is 43.0 Å². The van der Waals surface area contributed by atoms with Gasteiger partial charge in [-0.25, -0.2) is 5.84 Å². The summed E-state index contributed by atoms with van der Waals surface area (Å²) in [6, 6.07) is 3.59. The van der Waals surface area contributed by atoms with Crippen molar-refractivity contribution in [2.45, 2.75) is 19.8 Å². The van der Waals surface area contributed by atoms with Gasteiger partial charge in [-0.3, -0.25) is 10.2 Å². The van der Waals surface area contributed by atoms with E-state index < -0.39 is 0 Å². The molecule has 0 bridgehead atoms. The van der Waals surface area contributed by atoms with E-state index in [-0.39, 0.29) is 5.91 Å². The molecule has 4 heteroatoms. The summed E-state index contributed by atoms with van der Waals surface area (Å²) < 4.78 is 5.51. The molecule has 1 aromatic rings. The van der Waals surface area contributed by atoms with Gasteiger partial charge in [-0.1, -0.05) is 0 Å². The van der Waals surface area contributed by atoms with E-state index in [2.05, 4.69) is 5.43 Å². The number of ether oxygens (including phenoxy) is 1. The zero-order valence-electron chi connectivity index (χ0n) is 8.67. The maximum Gasteiger partial charge on any atom is 0.265 e. The zero-order chi connectivity index (χ0) is 10.8. The summed E-state index contributed by atoms with van der Waals surface area (Å²) in [4.78, 5) is 11.4. The van der Waals surface area contributed by atoms with Crippen LogP contribution in [0.15, 0.2) is 12.1 Å². The molecule has 4 nitrogen and oxygen atoms in total. The van der Waals surface area contributed by atoms with Crippen LogP contribution in [0.4, 0.5) is 0 Å². The van der Waals surface area contributed by atoms with E-state index in [1.54, 1.807) is 6.07 Å². The Labute approximate surface area is 88.4 Å². The summed E-state index contributed by atoms with van der Waals surface area (Å²) in [6.45, 7) is 2.69. The highest BCUT2D eigenvalue weighted by Crippen LogP contribution is 2.29. The molecule has 0 spiro atoms. The highest BCUT2D eigenvalue weighted by Gasteiger charge is 2.17. The topological polar surface area (TPSA) is 64.4 Å². The van der Waals surface area contributed by atoms with Crippen molar-refractivity contribution in [1.82, 2.24) is 5.43 Å². The van der Waals surface area contributed by atoms with Gasteiger partial charge in [0.25, 0.3) is 5.91 Å². The Morgan fingerprint density at radius 2 is 2.33 bits per heavy atom. The Morgan fingerprint density at radius 3 is 3.07 bits per heavy atom. The second-order valence-corrected chi connectivity index (χ2v) is 3.64. The summed E-state index contributed by atoms with van der Waals surface area (Å²) >= 11 is 0. The number of hydrogen-bond donors (Lipinski definition) is 2. The van der Waals surface area contributed by atoms with Crippen LogP contribution in [-0.2, 0) is 6.42 Å². The average molecular weight is 206 g/mol. The molecule has 0 fully saturated rings. The summed E-state index contributed by atoms with van der Waals surface area (Å²) in [5, 5.41) is 0. The van der Waals surface area contributed by atoms with E-state index in [1.807, 2.05) is 13.0 Å². The maximum atomic E-state index is 11.4. The number of nitrogen functional groups attached to an aromatic ring is 1. The van der Waals surface area contributed by atoms with Crippen molar-refractivity contribution in [3.63, 3.8) is 0 Å². The molecule has 2 rings (SSSR count). The van der Waals surface area contributed by atoms with Gasteiger partial charge in [-0.15, -0.1) is 0 Å². The van der Waals surface area contributed by atoms with Crippen molar-refractivity contribution in [2.24, 2.45) is 5.84 Å². The zero-order valence-corrected chi connectivity index (χ0v) is 8.67. The molecule has 1 heterocycles. The number of carbonyl (C=O) groups is 1. The number of hydrogen-bond acceptors (Lipinski definition) is 3. The molecule has 15 heavy (non-hydrogen) atoms. The molecular weight excluding hydrogens is 192 g/mol. The predicted molar refractivity (Wildman–Crippen MR) is 56.6 cm³/mol. The Kier molecular flexibility index (Phi) is 2.60. The Bertz CT molecular complexity index is 402. The Hall–Kier alpha value is -1.55. The van der Waals surface area contributed by atoms with Crippen LogP contribution in [0.1, 0.15) is 27.9 Å². The molecule has 1 aromatic carbocycles. The van der Waals surface area contributed by atoms with Gasteiger partial charge in [0.1, 0.15) is 5.75 Å². The molecule has 0 radical (unpaired) electrons. The van der Waals surface area contributed by atoms with Crippen molar-refractivity contribution in [3.8, 4) is 5.75 Å². The third-order valence-corrected chi connectivity index (χ3v) is 2.76. The fourth-order valence-electron chi connectivity index (χ4n) is 1.93. The minimum Gasteiger partial charge on any atom is -0.493 e. The minimum atomic E-state index is -0.249. The van der Waals surface area contributed by atoms with Crippen molar-refractivity contribution < 1.29 is 9.53 Å². The lowest BCUT2D eigenvalue weighted by Crippen LogP contribution is -2.31. The van der Waals surface area contributed by atoms with Crippen molar-refractivity contribution in [3.05, 3.63) is 28.8 Å². The first kappa shape index (κ1) is 9.98. The van der Waals surface area contributed by atoms with Crippen LogP contribution in [0.5, 0.6) is 5.75 Å². The first-order valence-corrected chi connectivity index (χ1v) is 5.00. The summed E-state index contributed by atoms with van der Waals surface area (Å²) in [5.41, 5.74) is 4.87. The lowest BCUT2D eigenvalue weighted by molar-refractivity contribution is 0.0953. The molecule has 0 saturated carbocycles. The van der Waals surface area contributed by atoms with Crippen molar-refractivity contribution in [2.75, 3.05) is 6.61 Å². The molecule has 0 aliphatic carbocycles. The van der Waals surface area contributed by atoms with Crippen molar-refractivity contribution >= 4 is 5.91 Å². The molecule has 0 saturated heterocycles. The smallest absolute Gasteiger partial charge is 0.265 e. The number of nitrogens with two attached hydrogens (primary N) is 1. The fourth-order valence-corrected chi connectivity index (χ4v) is 1.93. The van der Waals surface area contributed by atoms with Gasteiger partial charge in [0, 0.05) is 5.56 Å². The van der Waals surface area contributed by atoms with Gasteiger partial charge < -0.3 is 4.74 Å². The fraction of sp³-hybridized carbons (Fsp3) is 0.364. The highest BCUT2D eigenvalue weighted by molar-refractivity contribution is 5.95. The maximum absolute atomic E-state index is 11.4. The lowest BCUT2D eigenvalue weighted by Gasteiger charge is -2.20. The van der Waals surface area contributed by atoms with Crippen molar-refractivity contribution in [1.29, 1.82) is 0 Å². The lowest BCUT2D eigenvalue weighted by atomic mass is 9.96. The Balaban J connectivity index is 2.47. The standard InChI is InChI=1S/C11H14N2O2/c1-7-8-3-2-6-15-10(8)5-4-9(7)11(14)13-12/h4-5H,2-3,6,12H2,1H3,(H,13,14). The Morgan fingerprint density at radius 1 is 1.53 bits per heavy atom. The number of rotatable bonds is 1. The predicted octanol–water partition coefficient (Wildman–Crippen LogP) is 0.924. The first-order chi connectivity index (χ1) is 7.24. The number of hydrazine groups is 1. The first-order valence-electron chi connectivity index (χ1n) is 5.00. The molecule has 1 aliphatic rings. The summed E-state index contributed by atoms with van der Waals surface area (Å²) in [5.74, 6) is 5.76. The SMILES string of the molecule is Cc1c(C(=O)NN)ccc2c1CCCO2. The largest absolute Gasteiger partial charge is 0.493 e. The quantitative estimate of drug-likeness (QED) is 0.408. The van der Waals surface area contributed by atoms with Gasteiger partial charge >= 0.3 is 0 Å². The molecule has 3 N–H and O–H groups in total. The monoisotopic (exact) mass is 206 g/mol. The van der Waals surface area contributed by atoms with Crippen LogP contribution in [0.3, 0.4) is 0 Å². The second-order valence-electron chi connectivity index (χ2n) is 3.64. The number of amides is 1. The molecule has 1 aliphatic heterocycles. The third kappa shape index (κ3) is 1.68. The number of carbonyl (C=O) groups excluding carboxylic acids is 1. The van der Waals surface area contributed by atoms with Gasteiger partial charge in [0.2, 0.25) is 0 Å². The van der Waals surface area contributed by atoms with Crippen LogP contribution in [-0.4, -0.2) is 12.5 Å². The normalized spacial score (nSPS) is 14.0. The van der Waals surface area contributed by atoms with E-state index in [4.69, 9.17) is 10.6 Å².